The number of carbonyl (C=O) groups excluding carboxylic acids is 3. The van der Waals surface area contributed by atoms with E-state index in [2.05, 4.69) is 26.5 Å². The first kappa shape index (κ1) is 25.5. The van der Waals surface area contributed by atoms with Crippen molar-refractivity contribution < 1.29 is 19.1 Å². The molecule has 36 heavy (non-hydrogen) atoms. The third-order valence-electron chi connectivity index (χ3n) is 6.85. The molecule has 0 aliphatic carbocycles. The Morgan fingerprint density at radius 3 is 2.58 bits per heavy atom. The Morgan fingerprint density at radius 2 is 1.83 bits per heavy atom. The van der Waals surface area contributed by atoms with Gasteiger partial charge in [-0.25, -0.2) is 0 Å². The van der Waals surface area contributed by atoms with Gasteiger partial charge in [-0.2, -0.15) is 0 Å². The average Bonchev–Trinajstić information content (AvgIpc) is 2.90. The molecule has 192 valence electrons. The molecule has 2 N–H and O–H groups in total. The number of methoxy groups -OCH3 is 1. The zero-order valence-corrected chi connectivity index (χ0v) is 21.0. The van der Waals surface area contributed by atoms with Gasteiger partial charge in [0.05, 0.1) is 20.1 Å². The van der Waals surface area contributed by atoms with E-state index in [1.54, 1.807) is 12.0 Å². The summed E-state index contributed by atoms with van der Waals surface area (Å²) in [7, 11) is 1.66. The quantitative estimate of drug-likeness (QED) is 0.582. The summed E-state index contributed by atoms with van der Waals surface area (Å²) in [6.45, 7) is 6.12. The summed E-state index contributed by atoms with van der Waals surface area (Å²) < 4.78 is 5.33. The number of nitrogens with one attached hydrogen (secondary N) is 2. The molecule has 2 aromatic carbocycles. The van der Waals surface area contributed by atoms with Crippen LogP contribution in [0.3, 0.4) is 0 Å². The molecule has 2 aliphatic rings. The van der Waals surface area contributed by atoms with Crippen LogP contribution in [-0.2, 0) is 20.8 Å². The normalized spacial score (nSPS) is 18.5. The van der Waals surface area contributed by atoms with Crippen molar-refractivity contribution >= 4 is 29.1 Å². The molecular formula is C27H35N5O4. The lowest BCUT2D eigenvalue weighted by atomic mass is 10.1. The summed E-state index contributed by atoms with van der Waals surface area (Å²) in [4.78, 5) is 44.7. The molecule has 2 heterocycles. The maximum absolute atomic E-state index is 13.2. The Hall–Kier alpha value is -3.59. The van der Waals surface area contributed by atoms with Crippen molar-refractivity contribution in [3.63, 3.8) is 0 Å². The van der Waals surface area contributed by atoms with Crippen LogP contribution in [0.1, 0.15) is 18.9 Å². The Bertz CT molecular complexity index is 1080. The minimum atomic E-state index is -0.807. The van der Waals surface area contributed by atoms with Gasteiger partial charge >= 0.3 is 0 Å². The smallest absolute Gasteiger partial charge is 0.243 e. The monoisotopic (exact) mass is 493 g/mol. The molecule has 2 fully saturated rings. The molecule has 0 aromatic heterocycles. The lowest BCUT2D eigenvalue weighted by molar-refractivity contribution is -0.145. The molecule has 0 radical (unpaired) electrons. The number of ether oxygens (including phenoxy) is 1. The minimum absolute atomic E-state index is 0.0702. The number of benzene rings is 2. The van der Waals surface area contributed by atoms with Crippen LogP contribution in [0.5, 0.6) is 5.75 Å². The van der Waals surface area contributed by atoms with Gasteiger partial charge in [-0.1, -0.05) is 31.2 Å². The number of para-hydroxylation sites is 1. The molecule has 2 aliphatic heterocycles. The van der Waals surface area contributed by atoms with Crippen LogP contribution in [0.15, 0.2) is 48.5 Å². The predicted molar refractivity (Wildman–Crippen MR) is 139 cm³/mol. The lowest BCUT2D eigenvalue weighted by Gasteiger charge is -2.39. The molecule has 3 amide bonds. The van der Waals surface area contributed by atoms with Crippen molar-refractivity contribution in [1.82, 2.24) is 15.1 Å². The van der Waals surface area contributed by atoms with Gasteiger partial charge in [-0.05, 0) is 30.2 Å². The van der Waals surface area contributed by atoms with Gasteiger partial charge in [0.2, 0.25) is 17.7 Å². The molecule has 4 rings (SSSR count). The van der Waals surface area contributed by atoms with E-state index in [9.17, 15) is 14.4 Å². The molecule has 9 heteroatoms. The summed E-state index contributed by atoms with van der Waals surface area (Å²) in [6.07, 6.45) is 0.718. The molecule has 0 spiro atoms. The molecule has 1 atom stereocenters. The summed E-state index contributed by atoms with van der Waals surface area (Å²) in [5.41, 5.74) is 2.87. The summed E-state index contributed by atoms with van der Waals surface area (Å²) in [5.74, 6) is 0.146. The summed E-state index contributed by atoms with van der Waals surface area (Å²) in [5, 5.41) is 5.72. The molecule has 0 saturated carbocycles. The molecule has 2 saturated heterocycles. The van der Waals surface area contributed by atoms with E-state index < -0.39 is 6.04 Å². The number of hydrogen-bond donors (Lipinski definition) is 2. The van der Waals surface area contributed by atoms with Crippen LogP contribution in [0.2, 0.25) is 0 Å². The van der Waals surface area contributed by atoms with Crippen molar-refractivity contribution in [3.05, 3.63) is 54.1 Å². The minimum Gasteiger partial charge on any atom is -0.497 e. The van der Waals surface area contributed by atoms with Gasteiger partial charge in [0, 0.05) is 56.7 Å². The number of amides is 3. The van der Waals surface area contributed by atoms with Gasteiger partial charge in [0.1, 0.15) is 11.8 Å². The number of anilines is 2. The Morgan fingerprint density at radius 1 is 1.06 bits per heavy atom. The maximum Gasteiger partial charge on any atom is 0.243 e. The van der Waals surface area contributed by atoms with Gasteiger partial charge in [-0.15, -0.1) is 0 Å². The van der Waals surface area contributed by atoms with E-state index in [-0.39, 0.29) is 30.7 Å². The standard InChI is InChI=1S/C27H35N5O4/c1-3-20-7-4-5-10-23(20)29-25(33)18-24-27(35)28-11-12-32(24)26(34)19-30-13-15-31(16-14-30)21-8-6-9-22(17-21)36-2/h4-10,17,24H,3,11-16,18-19H2,1-2H3,(H,28,35)(H,29,33)/t24-/m1/s1. The summed E-state index contributed by atoms with van der Waals surface area (Å²) in [6, 6.07) is 14.8. The number of carbonyl (C=O) groups is 3. The molecular weight excluding hydrogens is 458 g/mol. The van der Waals surface area contributed by atoms with Crippen LogP contribution in [0.4, 0.5) is 11.4 Å². The van der Waals surface area contributed by atoms with Crippen LogP contribution in [-0.4, -0.2) is 86.5 Å². The van der Waals surface area contributed by atoms with E-state index in [1.807, 2.05) is 49.4 Å². The molecule has 9 nitrogen and oxygen atoms in total. The fraction of sp³-hybridized carbons (Fsp3) is 0.444. The zero-order valence-electron chi connectivity index (χ0n) is 21.0. The number of nitrogens with zero attached hydrogens (tertiary/aromatic N) is 3. The van der Waals surface area contributed by atoms with Crippen molar-refractivity contribution in [2.45, 2.75) is 25.8 Å². The number of rotatable bonds is 8. The third-order valence-corrected chi connectivity index (χ3v) is 6.85. The van der Waals surface area contributed by atoms with Crippen molar-refractivity contribution in [2.24, 2.45) is 0 Å². The highest BCUT2D eigenvalue weighted by Crippen LogP contribution is 2.22. The van der Waals surface area contributed by atoms with Gasteiger partial charge < -0.3 is 25.2 Å². The van der Waals surface area contributed by atoms with E-state index in [0.29, 0.717) is 13.1 Å². The summed E-state index contributed by atoms with van der Waals surface area (Å²) >= 11 is 0. The fourth-order valence-electron chi connectivity index (χ4n) is 4.80. The van der Waals surface area contributed by atoms with Crippen LogP contribution >= 0.6 is 0 Å². The molecule has 2 aromatic rings. The van der Waals surface area contributed by atoms with Crippen molar-refractivity contribution in [1.29, 1.82) is 0 Å². The number of aryl methyl sites for hydroxylation is 1. The van der Waals surface area contributed by atoms with Crippen molar-refractivity contribution in [3.8, 4) is 5.75 Å². The topological polar surface area (TPSA) is 94.2 Å². The van der Waals surface area contributed by atoms with E-state index in [4.69, 9.17) is 4.74 Å². The fourth-order valence-corrected chi connectivity index (χ4v) is 4.80. The number of hydrogen-bond acceptors (Lipinski definition) is 6. The Kier molecular flexibility index (Phi) is 8.43. The first-order valence-electron chi connectivity index (χ1n) is 12.5. The van der Waals surface area contributed by atoms with Gasteiger partial charge in [-0.3, -0.25) is 19.3 Å². The second-order valence-corrected chi connectivity index (χ2v) is 9.12. The molecule has 0 bridgehead atoms. The SMILES string of the molecule is CCc1ccccc1NC(=O)C[C@@H]1C(=O)NCCN1C(=O)CN1CCN(c2cccc(OC)c2)CC1. The molecule has 0 unspecified atom stereocenters. The first-order valence-corrected chi connectivity index (χ1v) is 12.5. The highest BCUT2D eigenvalue weighted by atomic mass is 16.5. The average molecular weight is 494 g/mol. The van der Waals surface area contributed by atoms with E-state index in [0.717, 1.165) is 55.3 Å². The predicted octanol–water partition coefficient (Wildman–Crippen LogP) is 1.74. The second kappa shape index (κ2) is 11.9. The Labute approximate surface area is 212 Å². The van der Waals surface area contributed by atoms with Gasteiger partial charge in [0.25, 0.3) is 0 Å². The van der Waals surface area contributed by atoms with Crippen LogP contribution < -0.4 is 20.3 Å². The van der Waals surface area contributed by atoms with Crippen LogP contribution in [0, 0.1) is 0 Å². The lowest BCUT2D eigenvalue weighted by Crippen LogP contribution is -2.60. The maximum atomic E-state index is 13.2. The third kappa shape index (κ3) is 6.15. The van der Waals surface area contributed by atoms with Crippen LogP contribution in [0.25, 0.3) is 0 Å². The first-order chi connectivity index (χ1) is 17.5. The van der Waals surface area contributed by atoms with E-state index in [1.165, 1.54) is 0 Å². The second-order valence-electron chi connectivity index (χ2n) is 9.12. The largest absolute Gasteiger partial charge is 0.497 e. The number of piperazine rings is 2. The highest BCUT2D eigenvalue weighted by molar-refractivity contribution is 5.98. The van der Waals surface area contributed by atoms with E-state index >= 15 is 0 Å². The Balaban J connectivity index is 1.33. The highest BCUT2D eigenvalue weighted by Gasteiger charge is 2.35. The van der Waals surface area contributed by atoms with Gasteiger partial charge in [0.15, 0.2) is 0 Å². The zero-order chi connectivity index (χ0) is 25.5. The van der Waals surface area contributed by atoms with Crippen molar-refractivity contribution in [2.75, 3.05) is 63.1 Å².